The SMILES string of the molecule is Cc1cccnc1N1CCc2nn(-c3c(C)cccc3OCC(C)C)c(-c3ccc(NC(N)=O)cc3)c2C1. The summed E-state index contributed by atoms with van der Waals surface area (Å²) in [5, 5.41) is 7.81. The number of pyridine rings is 1. The molecule has 0 atom stereocenters. The fraction of sp³-hybridized carbons (Fsp3) is 0.300. The molecule has 0 unspecified atom stereocenters. The molecule has 3 heterocycles. The predicted molar refractivity (Wildman–Crippen MR) is 151 cm³/mol. The third-order valence-corrected chi connectivity index (χ3v) is 6.73. The van der Waals surface area contributed by atoms with E-state index >= 15 is 0 Å². The van der Waals surface area contributed by atoms with Crippen LogP contribution in [0.25, 0.3) is 16.9 Å². The monoisotopic (exact) mass is 510 g/mol. The summed E-state index contributed by atoms with van der Waals surface area (Å²) in [5.41, 5.74) is 13.4. The fourth-order valence-corrected chi connectivity index (χ4v) is 4.95. The normalized spacial score (nSPS) is 12.9. The maximum atomic E-state index is 11.4. The molecule has 0 fully saturated rings. The first-order chi connectivity index (χ1) is 18.3. The van der Waals surface area contributed by atoms with Gasteiger partial charge in [0.15, 0.2) is 0 Å². The van der Waals surface area contributed by atoms with E-state index in [1.165, 1.54) is 0 Å². The fourth-order valence-electron chi connectivity index (χ4n) is 4.95. The summed E-state index contributed by atoms with van der Waals surface area (Å²) in [6, 6.07) is 17.3. The van der Waals surface area contributed by atoms with Crippen molar-refractivity contribution in [3.8, 4) is 22.7 Å². The number of nitrogens with two attached hydrogens (primary N) is 1. The van der Waals surface area contributed by atoms with Crippen LogP contribution >= 0.6 is 0 Å². The van der Waals surface area contributed by atoms with Gasteiger partial charge in [0.05, 0.1) is 18.0 Å². The van der Waals surface area contributed by atoms with Crippen LogP contribution < -0.4 is 20.7 Å². The molecule has 38 heavy (non-hydrogen) atoms. The minimum Gasteiger partial charge on any atom is -0.491 e. The van der Waals surface area contributed by atoms with E-state index in [9.17, 15) is 4.79 Å². The first-order valence-electron chi connectivity index (χ1n) is 13.0. The molecule has 0 spiro atoms. The van der Waals surface area contributed by atoms with Crippen LogP contribution in [-0.4, -0.2) is 33.9 Å². The standard InChI is InChI=1S/C30H34N6O2/c1-19(2)18-38-26-9-5-7-20(3)27(26)36-28(22-10-12-23(13-11-22)33-30(31)37)24-17-35(16-14-25(24)34-36)29-21(4)8-6-15-32-29/h5-13,15,19H,14,16-18H2,1-4H3,(H3,31,33,37). The van der Waals surface area contributed by atoms with Gasteiger partial charge in [0, 0.05) is 42.5 Å². The number of carbonyl (C=O) groups is 1. The van der Waals surface area contributed by atoms with E-state index in [0.29, 0.717) is 24.8 Å². The Bertz CT molecular complexity index is 1460. The number of hydrogen-bond acceptors (Lipinski definition) is 5. The Morgan fingerprint density at radius 3 is 2.55 bits per heavy atom. The van der Waals surface area contributed by atoms with Gasteiger partial charge >= 0.3 is 6.03 Å². The molecule has 8 heteroatoms. The summed E-state index contributed by atoms with van der Waals surface area (Å²) >= 11 is 0. The van der Waals surface area contributed by atoms with Crippen molar-refractivity contribution in [1.29, 1.82) is 0 Å². The number of primary amides is 1. The van der Waals surface area contributed by atoms with E-state index in [1.807, 2.05) is 53.3 Å². The van der Waals surface area contributed by atoms with Gasteiger partial charge in [-0.3, -0.25) is 0 Å². The Balaban J connectivity index is 1.66. The molecule has 2 aromatic heterocycles. The molecule has 1 aliphatic heterocycles. The summed E-state index contributed by atoms with van der Waals surface area (Å²) in [4.78, 5) is 18.4. The first-order valence-corrected chi connectivity index (χ1v) is 13.0. The number of anilines is 2. The zero-order valence-electron chi connectivity index (χ0n) is 22.4. The lowest BCUT2D eigenvalue weighted by molar-refractivity contribution is 0.259. The van der Waals surface area contributed by atoms with Gasteiger partial charge in [0.25, 0.3) is 0 Å². The molecule has 5 rings (SSSR count). The largest absolute Gasteiger partial charge is 0.491 e. The van der Waals surface area contributed by atoms with Crippen LogP contribution in [0.5, 0.6) is 5.75 Å². The van der Waals surface area contributed by atoms with Crippen molar-refractivity contribution >= 4 is 17.5 Å². The lowest BCUT2D eigenvalue weighted by Gasteiger charge is -2.29. The highest BCUT2D eigenvalue weighted by atomic mass is 16.5. The van der Waals surface area contributed by atoms with Crippen LogP contribution in [0.4, 0.5) is 16.3 Å². The molecule has 0 aliphatic carbocycles. The number of ether oxygens (including phenoxy) is 1. The highest BCUT2D eigenvalue weighted by Crippen LogP contribution is 2.38. The third-order valence-electron chi connectivity index (χ3n) is 6.73. The molecule has 4 aromatic rings. The molecule has 196 valence electrons. The highest BCUT2D eigenvalue weighted by Gasteiger charge is 2.29. The Morgan fingerprint density at radius 1 is 1.08 bits per heavy atom. The number of aromatic nitrogens is 3. The number of benzene rings is 2. The lowest BCUT2D eigenvalue weighted by Crippen LogP contribution is -2.31. The molecule has 1 aliphatic rings. The van der Waals surface area contributed by atoms with Gasteiger partial charge in [-0.15, -0.1) is 0 Å². The van der Waals surface area contributed by atoms with Gasteiger partial charge in [0.2, 0.25) is 0 Å². The second-order valence-electron chi connectivity index (χ2n) is 10.2. The van der Waals surface area contributed by atoms with E-state index < -0.39 is 6.03 Å². The molecule has 3 N–H and O–H groups in total. The third kappa shape index (κ3) is 5.07. The number of hydrogen-bond donors (Lipinski definition) is 2. The van der Waals surface area contributed by atoms with Crippen LogP contribution in [-0.2, 0) is 13.0 Å². The van der Waals surface area contributed by atoms with E-state index in [0.717, 1.165) is 63.9 Å². The summed E-state index contributed by atoms with van der Waals surface area (Å²) in [7, 11) is 0. The molecule has 0 bridgehead atoms. The van der Waals surface area contributed by atoms with E-state index in [2.05, 4.69) is 55.0 Å². The van der Waals surface area contributed by atoms with Crippen LogP contribution in [0.2, 0.25) is 0 Å². The summed E-state index contributed by atoms with van der Waals surface area (Å²) in [6.45, 7) is 10.6. The zero-order valence-corrected chi connectivity index (χ0v) is 22.4. The van der Waals surface area contributed by atoms with Gasteiger partial charge in [-0.1, -0.05) is 44.2 Å². The van der Waals surface area contributed by atoms with Gasteiger partial charge in [-0.05, 0) is 55.2 Å². The Kier molecular flexibility index (Phi) is 7.05. The quantitative estimate of drug-likeness (QED) is 0.335. The van der Waals surface area contributed by atoms with E-state index in [1.54, 1.807) is 0 Å². The van der Waals surface area contributed by atoms with Crippen molar-refractivity contribution in [2.24, 2.45) is 11.7 Å². The summed E-state index contributed by atoms with van der Waals surface area (Å²) in [5.74, 6) is 2.20. The Hall–Kier alpha value is -4.33. The number of urea groups is 1. The molecule has 2 aromatic carbocycles. The van der Waals surface area contributed by atoms with Crippen molar-refractivity contribution < 1.29 is 9.53 Å². The molecule has 2 amide bonds. The van der Waals surface area contributed by atoms with Crippen molar-refractivity contribution in [2.75, 3.05) is 23.4 Å². The predicted octanol–water partition coefficient (Wildman–Crippen LogP) is 5.64. The first kappa shape index (κ1) is 25.3. The topological polar surface area (TPSA) is 98.3 Å². The number of amides is 2. The van der Waals surface area contributed by atoms with Crippen molar-refractivity contribution in [1.82, 2.24) is 14.8 Å². The Morgan fingerprint density at radius 2 is 1.84 bits per heavy atom. The average molecular weight is 511 g/mol. The molecule has 0 saturated heterocycles. The smallest absolute Gasteiger partial charge is 0.316 e. The molecule has 8 nitrogen and oxygen atoms in total. The Labute approximate surface area is 223 Å². The number of aryl methyl sites for hydroxylation is 2. The van der Waals surface area contributed by atoms with Crippen molar-refractivity contribution in [3.63, 3.8) is 0 Å². The number of carbonyl (C=O) groups excluding carboxylic acids is 1. The van der Waals surface area contributed by atoms with E-state index in [4.69, 9.17) is 15.6 Å². The number of para-hydroxylation sites is 1. The minimum absolute atomic E-state index is 0.397. The molecule has 0 radical (unpaired) electrons. The van der Waals surface area contributed by atoms with Gasteiger partial charge in [-0.25, -0.2) is 14.5 Å². The highest BCUT2D eigenvalue weighted by molar-refractivity contribution is 5.88. The number of rotatable bonds is 7. The zero-order chi connectivity index (χ0) is 26.8. The minimum atomic E-state index is -0.589. The molecular weight excluding hydrogens is 476 g/mol. The molecular formula is C30H34N6O2. The van der Waals surface area contributed by atoms with Crippen molar-refractivity contribution in [3.05, 3.63) is 83.2 Å². The second-order valence-corrected chi connectivity index (χ2v) is 10.2. The van der Waals surface area contributed by atoms with Gasteiger partial charge in [0.1, 0.15) is 17.3 Å². The lowest BCUT2D eigenvalue weighted by atomic mass is 10.00. The van der Waals surface area contributed by atoms with Gasteiger partial charge in [-0.2, -0.15) is 5.10 Å². The maximum Gasteiger partial charge on any atom is 0.316 e. The van der Waals surface area contributed by atoms with Crippen LogP contribution in [0.1, 0.15) is 36.2 Å². The van der Waals surface area contributed by atoms with E-state index in [-0.39, 0.29) is 0 Å². The summed E-state index contributed by atoms with van der Waals surface area (Å²) < 4.78 is 8.33. The number of nitrogens with one attached hydrogen (secondary N) is 1. The van der Waals surface area contributed by atoms with Crippen LogP contribution in [0, 0.1) is 19.8 Å². The second kappa shape index (κ2) is 10.6. The van der Waals surface area contributed by atoms with Crippen LogP contribution in [0.3, 0.4) is 0 Å². The summed E-state index contributed by atoms with van der Waals surface area (Å²) in [6.07, 6.45) is 2.65. The maximum absolute atomic E-state index is 11.4. The van der Waals surface area contributed by atoms with Gasteiger partial charge < -0.3 is 20.7 Å². The van der Waals surface area contributed by atoms with Crippen LogP contribution in [0.15, 0.2) is 60.8 Å². The number of nitrogens with zero attached hydrogens (tertiary/aromatic N) is 4. The molecule has 0 saturated carbocycles. The average Bonchev–Trinajstić information content (AvgIpc) is 3.26. The number of fused-ring (bicyclic) bond motifs is 1. The van der Waals surface area contributed by atoms with Crippen molar-refractivity contribution in [2.45, 2.75) is 40.7 Å².